The Morgan fingerprint density at radius 3 is 1.95 bits per heavy atom. The minimum atomic E-state index is -0.700. The van der Waals surface area contributed by atoms with Gasteiger partial charge in [0.15, 0.2) is 17.0 Å². The standard InChI is InChI=1S/C36H33NO3/c1-37(36(25-11-5-2-6-12-25,26-13-7-3-8-14-26)27-15-9-4-10-16-27)22-21-35-28-18-20-31(39)34(35)40-33-30(38)19-17-24(32(33)35)23-29(28)37/h2-20,28-29,31,34,39H,21-23H2,1H3/p+1/t28-,29+,31-,34-,35-,37?/m0/s1. The Balaban J connectivity index is 1.45. The third kappa shape index (κ3) is 2.78. The minimum absolute atomic E-state index is 0.158. The van der Waals surface area contributed by atoms with Crippen LogP contribution in [0, 0.1) is 5.92 Å². The van der Waals surface area contributed by atoms with E-state index in [0.717, 1.165) is 29.4 Å². The topological polar surface area (TPSA) is 49.7 Å². The molecule has 1 spiro atoms. The lowest BCUT2D eigenvalue weighted by molar-refractivity contribution is -0.986. The zero-order valence-corrected chi connectivity index (χ0v) is 22.7. The number of phenolic OH excluding ortho intramolecular Hbond substituents is 1. The molecule has 0 radical (unpaired) electrons. The van der Waals surface area contributed by atoms with Crippen LogP contribution in [0.5, 0.6) is 11.5 Å². The van der Waals surface area contributed by atoms with Gasteiger partial charge in [-0.1, -0.05) is 109 Å². The van der Waals surface area contributed by atoms with Crippen LogP contribution in [-0.2, 0) is 17.4 Å². The van der Waals surface area contributed by atoms with Gasteiger partial charge in [-0.05, 0) is 11.6 Å². The van der Waals surface area contributed by atoms with Crippen molar-refractivity contribution in [3.63, 3.8) is 0 Å². The first-order chi connectivity index (χ1) is 19.5. The smallest absolute Gasteiger partial charge is 0.176 e. The fourth-order valence-corrected chi connectivity index (χ4v) is 9.26. The van der Waals surface area contributed by atoms with Gasteiger partial charge >= 0.3 is 0 Å². The highest BCUT2D eigenvalue weighted by Gasteiger charge is 2.71. The fourth-order valence-electron chi connectivity index (χ4n) is 9.26. The second kappa shape index (κ2) is 8.33. The number of rotatable bonds is 4. The van der Waals surface area contributed by atoms with Crippen LogP contribution in [0.15, 0.2) is 115 Å². The van der Waals surface area contributed by atoms with Crippen LogP contribution in [0.4, 0.5) is 0 Å². The molecule has 200 valence electrons. The van der Waals surface area contributed by atoms with Gasteiger partial charge in [0.1, 0.15) is 18.2 Å². The molecule has 4 aromatic rings. The molecule has 1 saturated heterocycles. The van der Waals surface area contributed by atoms with Crippen molar-refractivity contribution in [3.8, 4) is 11.5 Å². The average molecular weight is 529 g/mol. The zero-order valence-electron chi connectivity index (χ0n) is 22.7. The number of nitrogens with zero attached hydrogens (tertiary/aromatic N) is 1. The van der Waals surface area contributed by atoms with Gasteiger partial charge in [0.2, 0.25) is 0 Å². The number of benzene rings is 4. The Kier molecular flexibility index (Phi) is 4.99. The van der Waals surface area contributed by atoms with Gasteiger partial charge in [-0.15, -0.1) is 0 Å². The predicted octanol–water partition coefficient (Wildman–Crippen LogP) is 5.71. The summed E-state index contributed by atoms with van der Waals surface area (Å²) in [4.78, 5) is 0. The second-order valence-electron chi connectivity index (χ2n) is 12.2. The van der Waals surface area contributed by atoms with Crippen LogP contribution in [0.3, 0.4) is 0 Å². The lowest BCUT2D eigenvalue weighted by Gasteiger charge is -2.65. The summed E-state index contributed by atoms with van der Waals surface area (Å²) < 4.78 is 7.26. The van der Waals surface area contributed by atoms with E-state index in [1.807, 2.05) is 6.08 Å². The van der Waals surface area contributed by atoms with Crippen molar-refractivity contribution < 1.29 is 19.4 Å². The molecule has 6 atom stereocenters. The Hall–Kier alpha value is -3.86. The molecule has 4 aromatic carbocycles. The normalized spacial score (nSPS) is 31.4. The molecule has 0 saturated carbocycles. The van der Waals surface area contributed by atoms with E-state index in [1.54, 1.807) is 6.07 Å². The molecular formula is C36H34NO3+. The summed E-state index contributed by atoms with van der Waals surface area (Å²) in [5.41, 5.74) is 5.40. The van der Waals surface area contributed by atoms with E-state index in [2.05, 4.69) is 110 Å². The molecule has 2 aliphatic carbocycles. The van der Waals surface area contributed by atoms with Gasteiger partial charge in [-0.3, -0.25) is 0 Å². The van der Waals surface area contributed by atoms with E-state index in [1.165, 1.54) is 22.3 Å². The third-order valence-corrected chi connectivity index (χ3v) is 10.8. The molecule has 2 heterocycles. The van der Waals surface area contributed by atoms with Crippen molar-refractivity contribution in [2.45, 2.75) is 42.0 Å². The number of ether oxygens (including phenoxy) is 1. The van der Waals surface area contributed by atoms with Crippen molar-refractivity contribution in [2.24, 2.45) is 5.92 Å². The molecular weight excluding hydrogens is 494 g/mol. The number of quaternary nitrogens is 1. The molecule has 8 rings (SSSR count). The van der Waals surface area contributed by atoms with E-state index < -0.39 is 11.6 Å². The Labute approximate surface area is 235 Å². The van der Waals surface area contributed by atoms with Crippen molar-refractivity contribution in [1.29, 1.82) is 0 Å². The number of hydrogen-bond acceptors (Lipinski definition) is 3. The van der Waals surface area contributed by atoms with Crippen molar-refractivity contribution in [1.82, 2.24) is 0 Å². The Bertz CT molecular complexity index is 1520. The van der Waals surface area contributed by atoms with Gasteiger partial charge in [0, 0.05) is 41.0 Å². The summed E-state index contributed by atoms with van der Waals surface area (Å²) in [5.74, 6) is 0.929. The summed E-state index contributed by atoms with van der Waals surface area (Å²) in [5, 5.41) is 22.0. The highest BCUT2D eigenvalue weighted by atomic mass is 16.5. The first-order valence-corrected chi connectivity index (χ1v) is 14.4. The first-order valence-electron chi connectivity index (χ1n) is 14.4. The quantitative estimate of drug-likeness (QED) is 0.203. The maximum Gasteiger partial charge on any atom is 0.176 e. The molecule has 1 unspecified atom stereocenters. The summed E-state index contributed by atoms with van der Waals surface area (Å²) in [7, 11) is 2.46. The molecule has 4 nitrogen and oxygen atoms in total. The van der Waals surface area contributed by atoms with E-state index in [9.17, 15) is 10.2 Å². The van der Waals surface area contributed by atoms with Gasteiger partial charge in [0.25, 0.3) is 0 Å². The van der Waals surface area contributed by atoms with E-state index in [0.29, 0.717) is 5.75 Å². The van der Waals surface area contributed by atoms with E-state index in [4.69, 9.17) is 4.74 Å². The maximum absolute atomic E-state index is 11.2. The molecule has 2 aliphatic heterocycles. The fraction of sp³-hybridized carbons (Fsp3) is 0.278. The number of aliphatic hydroxyl groups excluding tert-OH is 1. The summed E-state index contributed by atoms with van der Waals surface area (Å²) >= 11 is 0. The Morgan fingerprint density at radius 2 is 1.38 bits per heavy atom. The van der Waals surface area contributed by atoms with E-state index >= 15 is 0 Å². The van der Waals surface area contributed by atoms with Gasteiger partial charge < -0.3 is 19.4 Å². The van der Waals surface area contributed by atoms with Gasteiger partial charge in [-0.25, -0.2) is 0 Å². The third-order valence-electron chi connectivity index (χ3n) is 10.8. The predicted molar refractivity (Wildman–Crippen MR) is 155 cm³/mol. The molecule has 4 heteroatoms. The van der Waals surface area contributed by atoms with Crippen LogP contribution in [0.25, 0.3) is 0 Å². The first kappa shape index (κ1) is 24.0. The number of phenols is 1. The number of hydrogen-bond donors (Lipinski definition) is 2. The highest BCUT2D eigenvalue weighted by molar-refractivity contribution is 5.62. The van der Waals surface area contributed by atoms with Crippen LogP contribution < -0.4 is 4.74 Å². The number of likely N-dealkylation sites (N-methyl/N-ethyl adjacent to an activating group) is 1. The molecule has 40 heavy (non-hydrogen) atoms. The molecule has 2 N–H and O–H groups in total. The number of piperidine rings is 1. The minimum Gasteiger partial charge on any atom is -0.504 e. The molecule has 0 amide bonds. The number of aromatic hydroxyl groups is 1. The van der Waals surface area contributed by atoms with Crippen molar-refractivity contribution in [2.75, 3.05) is 13.6 Å². The number of aliphatic hydroxyl groups is 1. The zero-order chi connectivity index (χ0) is 27.1. The highest BCUT2D eigenvalue weighted by Crippen LogP contribution is 2.66. The van der Waals surface area contributed by atoms with Crippen LogP contribution in [-0.4, -0.2) is 46.5 Å². The lowest BCUT2D eigenvalue weighted by atomic mass is 9.51. The summed E-state index contributed by atoms with van der Waals surface area (Å²) in [6, 6.07) is 37.1. The maximum atomic E-state index is 11.2. The molecule has 1 fully saturated rings. The summed E-state index contributed by atoms with van der Waals surface area (Å²) in [6.07, 6.45) is 4.86. The SMILES string of the molecule is C[N+]1(C(c2ccccc2)(c2ccccc2)c2ccccc2)CC[C@]23c4c5ccc(O)c4O[C@H]2[C@@H](O)C=C[C@H]3[C@H]1C5. The molecule has 2 bridgehead atoms. The van der Waals surface area contributed by atoms with Crippen molar-refractivity contribution >= 4 is 0 Å². The molecule has 4 aliphatic rings. The monoisotopic (exact) mass is 528 g/mol. The second-order valence-corrected chi connectivity index (χ2v) is 12.2. The number of likely N-dealkylation sites (tertiary alicyclic amines) is 1. The van der Waals surface area contributed by atoms with Crippen molar-refractivity contribution in [3.05, 3.63) is 143 Å². The molecule has 0 aromatic heterocycles. The van der Waals surface area contributed by atoms with E-state index in [-0.39, 0.29) is 29.2 Å². The largest absolute Gasteiger partial charge is 0.504 e. The van der Waals surface area contributed by atoms with Crippen LogP contribution in [0.2, 0.25) is 0 Å². The van der Waals surface area contributed by atoms with Gasteiger partial charge in [-0.2, -0.15) is 0 Å². The van der Waals surface area contributed by atoms with Crippen LogP contribution in [0.1, 0.15) is 34.2 Å². The Morgan fingerprint density at radius 1 is 0.800 bits per heavy atom. The van der Waals surface area contributed by atoms with Crippen LogP contribution >= 0.6 is 0 Å². The average Bonchev–Trinajstić information content (AvgIpc) is 3.36. The lowest BCUT2D eigenvalue weighted by Crippen LogP contribution is -2.76. The van der Waals surface area contributed by atoms with Gasteiger partial charge in [0.05, 0.1) is 19.0 Å². The summed E-state index contributed by atoms with van der Waals surface area (Å²) in [6.45, 7) is 0.898.